The lowest BCUT2D eigenvalue weighted by Gasteiger charge is -2.23. The highest BCUT2D eigenvalue weighted by Crippen LogP contribution is 2.52. The van der Waals surface area contributed by atoms with Crippen LogP contribution >= 0.6 is 0 Å². The van der Waals surface area contributed by atoms with Crippen LogP contribution in [-0.2, 0) is 0 Å². The van der Waals surface area contributed by atoms with Gasteiger partial charge in [0.15, 0.2) is 0 Å². The number of fused-ring (bicyclic) bond motifs is 2. The van der Waals surface area contributed by atoms with Crippen LogP contribution < -0.4 is 0 Å². The van der Waals surface area contributed by atoms with Crippen LogP contribution in [0.2, 0.25) is 0 Å². The summed E-state index contributed by atoms with van der Waals surface area (Å²) in [5.41, 5.74) is 1.33. The monoisotopic (exact) mass is 195 g/mol. The molecule has 0 unspecified atom stereocenters. The van der Waals surface area contributed by atoms with Gasteiger partial charge >= 0.3 is 0 Å². The Morgan fingerprint density at radius 2 is 1.80 bits per heavy atom. The molecule has 0 N–H and O–H groups in total. The van der Waals surface area contributed by atoms with E-state index in [-0.39, 0.29) is 5.92 Å². The van der Waals surface area contributed by atoms with Crippen LogP contribution in [0.4, 0.5) is 0 Å². The molecule has 0 aromatic heterocycles. The lowest BCUT2D eigenvalue weighted by atomic mass is 9.79. The van der Waals surface area contributed by atoms with Crippen molar-refractivity contribution in [2.45, 2.75) is 12.3 Å². The van der Waals surface area contributed by atoms with Gasteiger partial charge in [-0.1, -0.05) is 42.5 Å². The van der Waals surface area contributed by atoms with E-state index >= 15 is 0 Å². The molecule has 15 heavy (non-hydrogen) atoms. The first-order valence-electron chi connectivity index (χ1n) is 5.53. The largest absolute Gasteiger partial charge is 0.198 e. The molecular formula is C14H13N. The number of hydrogen-bond donors (Lipinski definition) is 0. The van der Waals surface area contributed by atoms with E-state index in [0.29, 0.717) is 17.8 Å². The smallest absolute Gasteiger partial charge is 0.0668 e. The van der Waals surface area contributed by atoms with Crippen molar-refractivity contribution in [2.24, 2.45) is 17.8 Å². The molecule has 1 aromatic rings. The molecule has 3 rings (SSSR count). The van der Waals surface area contributed by atoms with Crippen molar-refractivity contribution in [1.82, 2.24) is 0 Å². The third-order valence-electron chi connectivity index (χ3n) is 3.79. The fraction of sp³-hybridized carbons (Fsp3) is 0.357. The van der Waals surface area contributed by atoms with E-state index in [4.69, 9.17) is 0 Å². The maximum absolute atomic E-state index is 9.24. The molecule has 0 radical (unpaired) electrons. The molecule has 4 atom stereocenters. The van der Waals surface area contributed by atoms with Gasteiger partial charge in [0.25, 0.3) is 0 Å². The molecule has 2 aliphatic rings. The predicted octanol–water partition coefficient (Wildman–Crippen LogP) is 3.12. The van der Waals surface area contributed by atoms with Crippen LogP contribution in [0, 0.1) is 29.1 Å². The predicted molar refractivity (Wildman–Crippen MR) is 59.0 cm³/mol. The number of rotatable bonds is 1. The van der Waals surface area contributed by atoms with Crippen LogP contribution in [-0.4, -0.2) is 0 Å². The van der Waals surface area contributed by atoms with E-state index in [1.807, 2.05) is 6.07 Å². The first kappa shape index (κ1) is 8.73. The molecule has 0 amide bonds. The zero-order chi connectivity index (χ0) is 10.3. The minimum absolute atomic E-state index is 0.197. The Kier molecular flexibility index (Phi) is 1.89. The summed E-state index contributed by atoms with van der Waals surface area (Å²) in [5, 5.41) is 9.24. The van der Waals surface area contributed by atoms with Gasteiger partial charge in [0.1, 0.15) is 0 Å². The van der Waals surface area contributed by atoms with E-state index < -0.39 is 0 Å². The minimum Gasteiger partial charge on any atom is -0.198 e. The standard InChI is InChI=1S/C14H13N/c15-9-13-11-6-7-12(8-11)14(13)10-4-2-1-3-5-10/h1-7,11-14H,8H2/t11-,12+,13-,14+/m0/s1. The van der Waals surface area contributed by atoms with Crippen molar-refractivity contribution < 1.29 is 0 Å². The van der Waals surface area contributed by atoms with Gasteiger partial charge in [-0.15, -0.1) is 0 Å². The summed E-state index contributed by atoms with van der Waals surface area (Å²) in [7, 11) is 0. The number of allylic oxidation sites excluding steroid dienone is 2. The Bertz CT molecular complexity index is 426. The van der Waals surface area contributed by atoms with Crippen LogP contribution in [0.5, 0.6) is 0 Å². The summed E-state index contributed by atoms with van der Waals surface area (Å²) in [5.74, 6) is 1.74. The maximum atomic E-state index is 9.24. The molecule has 0 heterocycles. The minimum atomic E-state index is 0.197. The van der Waals surface area contributed by atoms with Crippen molar-refractivity contribution in [3.63, 3.8) is 0 Å². The Balaban J connectivity index is 2.00. The lowest BCUT2D eigenvalue weighted by molar-refractivity contribution is 0.488. The number of nitrogens with zero attached hydrogens (tertiary/aromatic N) is 1. The molecular weight excluding hydrogens is 182 g/mol. The van der Waals surface area contributed by atoms with Gasteiger partial charge in [0, 0.05) is 5.92 Å². The van der Waals surface area contributed by atoms with E-state index in [2.05, 4.69) is 42.5 Å². The molecule has 1 saturated carbocycles. The fourth-order valence-corrected chi connectivity index (χ4v) is 3.13. The number of nitriles is 1. The molecule has 1 nitrogen and oxygen atoms in total. The van der Waals surface area contributed by atoms with Crippen LogP contribution in [0.15, 0.2) is 42.5 Å². The van der Waals surface area contributed by atoms with Crippen LogP contribution in [0.3, 0.4) is 0 Å². The highest BCUT2D eigenvalue weighted by atomic mass is 14.5. The maximum Gasteiger partial charge on any atom is 0.0668 e. The number of benzene rings is 1. The molecule has 2 aliphatic carbocycles. The average Bonchev–Trinajstić information content (AvgIpc) is 2.89. The fourth-order valence-electron chi connectivity index (χ4n) is 3.13. The highest BCUT2D eigenvalue weighted by molar-refractivity contribution is 5.31. The Labute approximate surface area is 90.0 Å². The Hall–Kier alpha value is -1.55. The normalized spacial score (nSPS) is 36.7. The zero-order valence-corrected chi connectivity index (χ0v) is 8.51. The van der Waals surface area contributed by atoms with Crippen molar-refractivity contribution in [1.29, 1.82) is 5.26 Å². The summed E-state index contributed by atoms with van der Waals surface area (Å²) in [4.78, 5) is 0. The second kappa shape index (κ2) is 3.24. The van der Waals surface area contributed by atoms with E-state index in [9.17, 15) is 5.26 Å². The molecule has 1 fully saturated rings. The van der Waals surface area contributed by atoms with E-state index in [1.165, 1.54) is 12.0 Å². The van der Waals surface area contributed by atoms with Crippen LogP contribution in [0.1, 0.15) is 17.9 Å². The molecule has 74 valence electrons. The Morgan fingerprint density at radius 1 is 1.07 bits per heavy atom. The summed E-state index contributed by atoms with van der Waals surface area (Å²) < 4.78 is 0. The van der Waals surface area contributed by atoms with E-state index in [1.54, 1.807) is 0 Å². The first-order chi connectivity index (χ1) is 7.40. The van der Waals surface area contributed by atoms with Crippen molar-refractivity contribution in [3.05, 3.63) is 48.0 Å². The molecule has 0 spiro atoms. The van der Waals surface area contributed by atoms with Gasteiger partial charge in [-0.2, -0.15) is 5.26 Å². The average molecular weight is 195 g/mol. The first-order valence-corrected chi connectivity index (χ1v) is 5.53. The van der Waals surface area contributed by atoms with Crippen molar-refractivity contribution >= 4 is 0 Å². The second-order valence-corrected chi connectivity index (χ2v) is 4.54. The molecule has 1 heteroatoms. The van der Waals surface area contributed by atoms with Gasteiger partial charge < -0.3 is 0 Å². The van der Waals surface area contributed by atoms with Gasteiger partial charge in [-0.05, 0) is 23.8 Å². The summed E-state index contributed by atoms with van der Waals surface area (Å²) in [6, 6.07) is 13.0. The third kappa shape index (κ3) is 1.22. The van der Waals surface area contributed by atoms with Gasteiger partial charge in [-0.3, -0.25) is 0 Å². The molecule has 2 bridgehead atoms. The summed E-state index contributed by atoms with van der Waals surface area (Å²) in [6.07, 6.45) is 5.71. The van der Waals surface area contributed by atoms with Gasteiger partial charge in [0.05, 0.1) is 12.0 Å². The topological polar surface area (TPSA) is 23.8 Å². The molecule has 0 aliphatic heterocycles. The van der Waals surface area contributed by atoms with E-state index in [0.717, 1.165) is 0 Å². The quantitative estimate of drug-likeness (QED) is 0.631. The highest BCUT2D eigenvalue weighted by Gasteiger charge is 2.45. The molecule has 0 saturated heterocycles. The lowest BCUT2D eigenvalue weighted by Crippen LogP contribution is -2.15. The summed E-state index contributed by atoms with van der Waals surface area (Å²) in [6.45, 7) is 0. The van der Waals surface area contributed by atoms with Crippen LogP contribution in [0.25, 0.3) is 0 Å². The zero-order valence-electron chi connectivity index (χ0n) is 8.51. The number of hydrogen-bond acceptors (Lipinski definition) is 1. The van der Waals surface area contributed by atoms with Crippen molar-refractivity contribution in [2.75, 3.05) is 0 Å². The van der Waals surface area contributed by atoms with Gasteiger partial charge in [-0.25, -0.2) is 0 Å². The van der Waals surface area contributed by atoms with Gasteiger partial charge in [0.2, 0.25) is 0 Å². The second-order valence-electron chi connectivity index (χ2n) is 4.54. The SMILES string of the molecule is N#C[C@@H]1[C@H](c2ccccc2)[C@@H]2C=C[C@H]1C2. The Morgan fingerprint density at radius 3 is 2.53 bits per heavy atom. The summed E-state index contributed by atoms with van der Waals surface area (Å²) >= 11 is 0. The third-order valence-corrected chi connectivity index (χ3v) is 3.79. The molecule has 1 aromatic carbocycles. The van der Waals surface area contributed by atoms with Crippen molar-refractivity contribution in [3.8, 4) is 6.07 Å².